The highest BCUT2D eigenvalue weighted by Crippen LogP contribution is 2.30. The molecular weight excluding hydrogens is 234 g/mol. The van der Waals surface area contributed by atoms with Crippen molar-refractivity contribution in [2.75, 3.05) is 0 Å². The predicted octanol–water partition coefficient (Wildman–Crippen LogP) is 3.80. The van der Waals surface area contributed by atoms with Crippen LogP contribution in [-0.2, 0) is 6.42 Å². The molecule has 1 aromatic carbocycles. The zero-order valence-corrected chi connectivity index (χ0v) is 11.6. The van der Waals surface area contributed by atoms with Crippen LogP contribution in [-0.4, -0.2) is 12.1 Å². The van der Waals surface area contributed by atoms with Crippen molar-refractivity contribution in [3.63, 3.8) is 0 Å². The maximum absolute atomic E-state index is 6.19. The second-order valence-corrected chi connectivity index (χ2v) is 4.84. The molecule has 3 heteroatoms. The van der Waals surface area contributed by atoms with Gasteiger partial charge in [-0.3, -0.25) is 0 Å². The fourth-order valence-corrected chi connectivity index (χ4v) is 1.80. The molecule has 2 N–H and O–H groups in total. The van der Waals surface area contributed by atoms with Crippen LogP contribution in [0.4, 0.5) is 0 Å². The van der Waals surface area contributed by atoms with Gasteiger partial charge in [0, 0.05) is 6.04 Å². The van der Waals surface area contributed by atoms with Crippen molar-refractivity contribution < 1.29 is 4.74 Å². The molecule has 0 bridgehead atoms. The highest BCUT2D eigenvalue weighted by atomic mass is 35.5. The second-order valence-electron chi connectivity index (χ2n) is 4.44. The van der Waals surface area contributed by atoms with E-state index in [0.29, 0.717) is 5.02 Å². The number of benzene rings is 1. The topological polar surface area (TPSA) is 35.2 Å². The van der Waals surface area contributed by atoms with Gasteiger partial charge in [-0.15, -0.1) is 0 Å². The van der Waals surface area contributed by atoms with Crippen LogP contribution in [0.1, 0.15) is 39.2 Å². The van der Waals surface area contributed by atoms with Gasteiger partial charge in [-0.05, 0) is 37.8 Å². The van der Waals surface area contributed by atoms with Gasteiger partial charge >= 0.3 is 0 Å². The predicted molar refractivity (Wildman–Crippen MR) is 73.8 cm³/mol. The van der Waals surface area contributed by atoms with E-state index in [1.807, 2.05) is 25.1 Å². The van der Waals surface area contributed by atoms with Gasteiger partial charge in [0.15, 0.2) is 0 Å². The van der Waals surface area contributed by atoms with Gasteiger partial charge in [0.2, 0.25) is 0 Å². The molecule has 1 aromatic rings. The van der Waals surface area contributed by atoms with Crippen molar-refractivity contribution >= 4 is 11.6 Å². The molecule has 0 fully saturated rings. The van der Waals surface area contributed by atoms with Gasteiger partial charge in [-0.25, -0.2) is 0 Å². The summed E-state index contributed by atoms with van der Waals surface area (Å²) in [5.74, 6) is 0.799. The van der Waals surface area contributed by atoms with Crippen molar-refractivity contribution in [2.45, 2.75) is 52.2 Å². The van der Waals surface area contributed by atoms with Crippen LogP contribution < -0.4 is 10.5 Å². The number of halogens is 1. The lowest BCUT2D eigenvalue weighted by Gasteiger charge is -2.19. The van der Waals surface area contributed by atoms with E-state index in [1.165, 1.54) is 0 Å². The fraction of sp³-hybridized carbons (Fsp3) is 0.571. The molecule has 96 valence electrons. The Kier molecular flexibility index (Phi) is 5.79. The maximum atomic E-state index is 6.19. The van der Waals surface area contributed by atoms with Crippen LogP contribution in [0.2, 0.25) is 5.02 Å². The molecule has 0 aromatic heterocycles. The van der Waals surface area contributed by atoms with Crippen molar-refractivity contribution in [1.82, 2.24) is 0 Å². The van der Waals surface area contributed by atoms with Crippen LogP contribution in [0.25, 0.3) is 0 Å². The average molecular weight is 256 g/mol. The summed E-state index contributed by atoms with van der Waals surface area (Å²) in [6.07, 6.45) is 2.90. The first-order valence-corrected chi connectivity index (χ1v) is 6.65. The highest BCUT2D eigenvalue weighted by molar-refractivity contribution is 6.32. The summed E-state index contributed by atoms with van der Waals surface area (Å²) in [5, 5.41) is 0.672. The first-order valence-electron chi connectivity index (χ1n) is 6.28. The Balaban J connectivity index is 2.91. The van der Waals surface area contributed by atoms with Gasteiger partial charge in [0.25, 0.3) is 0 Å². The van der Waals surface area contributed by atoms with Crippen LogP contribution in [0.15, 0.2) is 18.2 Å². The Labute approximate surface area is 109 Å². The average Bonchev–Trinajstić information content (AvgIpc) is 2.33. The number of nitrogens with two attached hydrogens (primary N) is 1. The van der Waals surface area contributed by atoms with Gasteiger partial charge in [0.1, 0.15) is 5.75 Å². The Morgan fingerprint density at radius 3 is 2.59 bits per heavy atom. The second kappa shape index (κ2) is 6.87. The van der Waals surface area contributed by atoms with Gasteiger partial charge < -0.3 is 10.5 Å². The zero-order chi connectivity index (χ0) is 12.8. The van der Waals surface area contributed by atoms with E-state index < -0.39 is 0 Å². The molecule has 0 saturated heterocycles. The normalized spacial score (nSPS) is 14.4. The van der Waals surface area contributed by atoms with Gasteiger partial charge in [-0.2, -0.15) is 0 Å². The zero-order valence-electron chi connectivity index (χ0n) is 10.9. The Hall–Kier alpha value is -0.730. The van der Waals surface area contributed by atoms with E-state index in [1.54, 1.807) is 0 Å². The molecule has 0 heterocycles. The van der Waals surface area contributed by atoms with Gasteiger partial charge in [-0.1, -0.05) is 37.6 Å². The Bertz CT molecular complexity index is 354. The highest BCUT2D eigenvalue weighted by Gasteiger charge is 2.13. The Morgan fingerprint density at radius 1 is 1.29 bits per heavy atom. The number of hydrogen-bond acceptors (Lipinski definition) is 2. The van der Waals surface area contributed by atoms with Crippen LogP contribution in [0, 0.1) is 0 Å². The number of rotatable bonds is 6. The van der Waals surface area contributed by atoms with Crippen LogP contribution in [0.3, 0.4) is 0 Å². The van der Waals surface area contributed by atoms with E-state index in [-0.39, 0.29) is 12.1 Å². The molecule has 0 spiro atoms. The van der Waals surface area contributed by atoms with E-state index >= 15 is 0 Å². The van der Waals surface area contributed by atoms with Crippen LogP contribution in [0.5, 0.6) is 5.75 Å². The standard InChI is InChI=1S/C14H22ClNO/c1-4-10(3)17-14-11(9-12(16)5-2)7-6-8-13(14)15/h6-8,10,12H,4-5,9,16H2,1-3H3. The van der Waals surface area contributed by atoms with E-state index in [0.717, 1.165) is 30.6 Å². The summed E-state index contributed by atoms with van der Waals surface area (Å²) in [4.78, 5) is 0. The van der Waals surface area contributed by atoms with Crippen molar-refractivity contribution in [3.8, 4) is 5.75 Å². The Morgan fingerprint density at radius 2 is 2.00 bits per heavy atom. The third-order valence-corrected chi connectivity index (χ3v) is 3.25. The monoisotopic (exact) mass is 255 g/mol. The van der Waals surface area contributed by atoms with Crippen LogP contribution >= 0.6 is 11.6 Å². The molecule has 17 heavy (non-hydrogen) atoms. The molecule has 0 aliphatic carbocycles. The summed E-state index contributed by atoms with van der Waals surface area (Å²) in [7, 11) is 0. The van der Waals surface area contributed by atoms with E-state index in [2.05, 4.69) is 13.8 Å². The lowest BCUT2D eigenvalue weighted by atomic mass is 10.0. The molecule has 0 aliphatic heterocycles. The third kappa shape index (κ3) is 4.21. The van der Waals surface area contributed by atoms with Crippen molar-refractivity contribution in [3.05, 3.63) is 28.8 Å². The van der Waals surface area contributed by atoms with E-state index in [4.69, 9.17) is 22.1 Å². The third-order valence-electron chi connectivity index (χ3n) is 2.95. The summed E-state index contributed by atoms with van der Waals surface area (Å²) < 4.78 is 5.88. The lowest BCUT2D eigenvalue weighted by Crippen LogP contribution is -2.22. The maximum Gasteiger partial charge on any atom is 0.141 e. The smallest absolute Gasteiger partial charge is 0.141 e. The van der Waals surface area contributed by atoms with Crippen molar-refractivity contribution in [1.29, 1.82) is 0 Å². The minimum Gasteiger partial charge on any atom is -0.489 e. The molecule has 0 aliphatic rings. The molecule has 2 nitrogen and oxygen atoms in total. The summed E-state index contributed by atoms with van der Waals surface area (Å²) in [5.41, 5.74) is 7.09. The fourth-order valence-electron chi connectivity index (χ4n) is 1.56. The summed E-state index contributed by atoms with van der Waals surface area (Å²) in [6.45, 7) is 6.23. The number of ether oxygens (including phenoxy) is 1. The summed E-state index contributed by atoms with van der Waals surface area (Å²) in [6, 6.07) is 6.01. The minimum atomic E-state index is 0.160. The quantitative estimate of drug-likeness (QED) is 0.839. The molecule has 0 saturated carbocycles. The lowest BCUT2D eigenvalue weighted by molar-refractivity contribution is 0.215. The largest absolute Gasteiger partial charge is 0.489 e. The molecule has 0 radical (unpaired) electrons. The number of hydrogen-bond donors (Lipinski definition) is 1. The molecule has 2 unspecified atom stereocenters. The first kappa shape index (κ1) is 14.3. The number of para-hydroxylation sites is 1. The first-order chi connectivity index (χ1) is 8.08. The molecular formula is C14H22ClNO. The van der Waals surface area contributed by atoms with Gasteiger partial charge in [0.05, 0.1) is 11.1 Å². The molecule has 2 atom stereocenters. The summed E-state index contributed by atoms with van der Waals surface area (Å²) >= 11 is 6.19. The molecule has 0 amide bonds. The van der Waals surface area contributed by atoms with E-state index in [9.17, 15) is 0 Å². The molecule has 1 rings (SSSR count). The van der Waals surface area contributed by atoms with Crippen molar-refractivity contribution in [2.24, 2.45) is 5.73 Å². The minimum absolute atomic E-state index is 0.160. The SMILES string of the molecule is CCC(N)Cc1cccc(Cl)c1OC(C)CC.